The Labute approximate surface area is 216 Å². The van der Waals surface area contributed by atoms with Crippen LogP contribution in [-0.4, -0.2) is 46.8 Å². The van der Waals surface area contributed by atoms with E-state index < -0.39 is 14.0 Å². The molecule has 196 valence electrons. The summed E-state index contributed by atoms with van der Waals surface area (Å²) in [4.78, 5) is 17.7. The zero-order valence-electron chi connectivity index (χ0n) is 22.6. The SMILES string of the molecule is CCOc1ccc(CCC[Si](C)(C)CON=C(C)c2ccc(C)c(OC(=COC)C(=O)OC)c2)cc1. The van der Waals surface area contributed by atoms with Crippen molar-refractivity contribution in [2.75, 3.05) is 27.1 Å². The number of rotatable bonds is 14. The highest BCUT2D eigenvalue weighted by atomic mass is 28.3. The van der Waals surface area contributed by atoms with Crippen molar-refractivity contribution in [3.8, 4) is 11.5 Å². The van der Waals surface area contributed by atoms with Gasteiger partial charge in [0.15, 0.2) is 0 Å². The molecular formula is C28H39NO6Si. The van der Waals surface area contributed by atoms with Crippen LogP contribution in [0.2, 0.25) is 19.1 Å². The maximum atomic E-state index is 11.9. The fourth-order valence-corrected chi connectivity index (χ4v) is 5.19. The monoisotopic (exact) mass is 513 g/mol. The van der Waals surface area contributed by atoms with Gasteiger partial charge >= 0.3 is 5.97 Å². The van der Waals surface area contributed by atoms with Gasteiger partial charge in [-0.05, 0) is 56.5 Å². The molecule has 8 heteroatoms. The molecular weight excluding hydrogens is 474 g/mol. The van der Waals surface area contributed by atoms with Gasteiger partial charge in [0.2, 0.25) is 5.76 Å². The third kappa shape index (κ3) is 9.41. The minimum atomic E-state index is -1.57. The van der Waals surface area contributed by atoms with Crippen LogP contribution in [0.4, 0.5) is 0 Å². The summed E-state index contributed by atoms with van der Waals surface area (Å²) in [5, 5.41) is 4.36. The Hall–Kier alpha value is -3.26. The quantitative estimate of drug-likeness (QED) is 0.0764. The van der Waals surface area contributed by atoms with Gasteiger partial charge in [0.25, 0.3) is 0 Å². The van der Waals surface area contributed by atoms with Gasteiger partial charge in [0, 0.05) is 5.56 Å². The van der Waals surface area contributed by atoms with E-state index >= 15 is 0 Å². The highest BCUT2D eigenvalue weighted by molar-refractivity contribution is 6.77. The Bertz CT molecular complexity index is 1050. The van der Waals surface area contributed by atoms with Crippen LogP contribution in [0, 0.1) is 6.92 Å². The molecule has 0 amide bonds. The highest BCUT2D eigenvalue weighted by Crippen LogP contribution is 2.23. The number of ether oxygens (including phenoxy) is 4. The first-order chi connectivity index (χ1) is 17.2. The van der Waals surface area contributed by atoms with E-state index in [-0.39, 0.29) is 5.76 Å². The lowest BCUT2D eigenvalue weighted by atomic mass is 10.1. The normalized spacial score (nSPS) is 12.2. The Morgan fingerprint density at radius 2 is 1.81 bits per heavy atom. The van der Waals surface area contributed by atoms with E-state index in [1.54, 1.807) is 0 Å². The second-order valence-electron chi connectivity index (χ2n) is 9.34. The number of carbonyl (C=O) groups excluding carboxylic acids is 1. The van der Waals surface area contributed by atoms with Gasteiger partial charge in [-0.25, -0.2) is 4.79 Å². The van der Waals surface area contributed by atoms with E-state index in [1.165, 1.54) is 26.0 Å². The first-order valence-electron chi connectivity index (χ1n) is 12.2. The van der Waals surface area contributed by atoms with Crippen LogP contribution in [0.3, 0.4) is 0 Å². The minimum absolute atomic E-state index is 0.0379. The van der Waals surface area contributed by atoms with Crippen LogP contribution in [0.25, 0.3) is 0 Å². The Balaban J connectivity index is 1.92. The molecule has 0 atom stereocenters. The lowest BCUT2D eigenvalue weighted by molar-refractivity contribution is -0.138. The molecule has 0 N–H and O–H groups in total. The molecule has 0 saturated carbocycles. The molecule has 0 bridgehead atoms. The molecule has 0 aliphatic rings. The summed E-state index contributed by atoms with van der Waals surface area (Å²) in [5.41, 5.74) is 3.76. The number of nitrogens with zero attached hydrogens (tertiary/aromatic N) is 1. The van der Waals surface area contributed by atoms with Gasteiger partial charge in [-0.3, -0.25) is 0 Å². The lowest BCUT2D eigenvalue weighted by Crippen LogP contribution is -2.32. The van der Waals surface area contributed by atoms with Gasteiger partial charge in [-0.15, -0.1) is 0 Å². The molecule has 0 aliphatic heterocycles. The summed E-state index contributed by atoms with van der Waals surface area (Å²) in [7, 11) is 1.16. The first-order valence-corrected chi connectivity index (χ1v) is 15.6. The molecule has 36 heavy (non-hydrogen) atoms. The summed E-state index contributed by atoms with van der Waals surface area (Å²) in [5.74, 6) is 0.772. The van der Waals surface area contributed by atoms with Crippen LogP contribution in [0.5, 0.6) is 11.5 Å². The fraction of sp³-hybridized carbons (Fsp3) is 0.429. The van der Waals surface area contributed by atoms with Crippen LogP contribution in [0.1, 0.15) is 37.0 Å². The second kappa shape index (κ2) is 14.3. The largest absolute Gasteiger partial charge is 0.500 e. The summed E-state index contributed by atoms with van der Waals surface area (Å²) in [6.45, 7) is 11.1. The number of aryl methyl sites for hydroxylation is 2. The third-order valence-corrected chi connectivity index (χ3v) is 8.27. The summed E-state index contributed by atoms with van der Waals surface area (Å²) >= 11 is 0. The number of esters is 1. The Morgan fingerprint density at radius 1 is 1.08 bits per heavy atom. The smallest absolute Gasteiger partial charge is 0.377 e. The maximum absolute atomic E-state index is 11.9. The second-order valence-corrected chi connectivity index (χ2v) is 14.5. The van der Waals surface area contributed by atoms with Crippen LogP contribution < -0.4 is 9.47 Å². The molecule has 0 fully saturated rings. The van der Waals surface area contributed by atoms with Crippen LogP contribution in [-0.2, 0) is 25.5 Å². The number of benzene rings is 2. The van der Waals surface area contributed by atoms with Crippen molar-refractivity contribution in [3.63, 3.8) is 0 Å². The average Bonchev–Trinajstić information content (AvgIpc) is 2.85. The predicted octanol–water partition coefficient (Wildman–Crippen LogP) is 6.05. The summed E-state index contributed by atoms with van der Waals surface area (Å²) < 4.78 is 21.0. The average molecular weight is 514 g/mol. The number of carbonyl (C=O) groups is 1. The van der Waals surface area contributed by atoms with Gasteiger partial charge in [-0.2, -0.15) is 0 Å². The molecule has 0 heterocycles. The first kappa shape index (κ1) is 29.0. The van der Waals surface area contributed by atoms with E-state index in [9.17, 15) is 4.79 Å². The van der Waals surface area contributed by atoms with Gasteiger partial charge in [0.05, 0.1) is 34.6 Å². The zero-order valence-corrected chi connectivity index (χ0v) is 23.6. The molecule has 0 aliphatic carbocycles. The molecule has 2 aromatic carbocycles. The van der Waals surface area contributed by atoms with E-state index in [2.05, 4.69) is 30.4 Å². The topological polar surface area (TPSA) is 75.6 Å². The standard InChI is InChI=1S/C28H39NO6Si/c1-8-33-25-15-12-23(13-16-25)10-9-17-36(6,7)20-34-29-22(3)24-14-11-21(2)26(18-24)35-27(19-31-4)28(30)32-5/h11-16,18-19H,8-10,17,20H2,1-7H3. The van der Waals surface area contributed by atoms with Crippen molar-refractivity contribution in [2.45, 2.75) is 52.8 Å². The van der Waals surface area contributed by atoms with E-state index in [1.807, 2.05) is 51.1 Å². The number of hydrogen-bond donors (Lipinski definition) is 0. The molecule has 0 aromatic heterocycles. The molecule has 0 radical (unpaired) electrons. The molecule has 0 saturated heterocycles. The van der Waals surface area contributed by atoms with E-state index in [0.717, 1.165) is 41.5 Å². The molecule has 0 unspecified atom stereocenters. The van der Waals surface area contributed by atoms with Gasteiger partial charge < -0.3 is 23.8 Å². The van der Waals surface area contributed by atoms with Crippen LogP contribution >= 0.6 is 0 Å². The zero-order chi connectivity index (χ0) is 26.6. The lowest BCUT2D eigenvalue weighted by Gasteiger charge is -2.20. The van der Waals surface area contributed by atoms with E-state index in [0.29, 0.717) is 18.6 Å². The molecule has 2 aromatic rings. The summed E-state index contributed by atoms with van der Waals surface area (Å²) in [6, 6.07) is 15.2. The van der Waals surface area contributed by atoms with E-state index in [4.69, 9.17) is 23.8 Å². The van der Waals surface area contributed by atoms with Crippen molar-refractivity contribution in [2.24, 2.45) is 5.16 Å². The van der Waals surface area contributed by atoms with Crippen molar-refractivity contribution >= 4 is 19.8 Å². The number of hydrogen-bond acceptors (Lipinski definition) is 7. The molecule has 2 rings (SSSR count). The predicted molar refractivity (Wildman–Crippen MR) is 145 cm³/mol. The Morgan fingerprint density at radius 3 is 2.44 bits per heavy atom. The maximum Gasteiger partial charge on any atom is 0.377 e. The van der Waals surface area contributed by atoms with Crippen molar-refractivity contribution < 1.29 is 28.6 Å². The van der Waals surface area contributed by atoms with Gasteiger partial charge in [-0.1, -0.05) is 55.0 Å². The van der Waals surface area contributed by atoms with Crippen molar-refractivity contribution in [1.82, 2.24) is 0 Å². The highest BCUT2D eigenvalue weighted by Gasteiger charge is 2.22. The number of oxime groups is 1. The van der Waals surface area contributed by atoms with Gasteiger partial charge in [0.1, 0.15) is 24.0 Å². The van der Waals surface area contributed by atoms with Crippen molar-refractivity contribution in [1.29, 1.82) is 0 Å². The third-order valence-electron chi connectivity index (χ3n) is 5.65. The molecule has 0 spiro atoms. The number of methoxy groups -OCH3 is 2. The van der Waals surface area contributed by atoms with Crippen LogP contribution in [0.15, 0.2) is 59.6 Å². The fourth-order valence-electron chi connectivity index (χ4n) is 3.49. The van der Waals surface area contributed by atoms with Crippen molar-refractivity contribution in [3.05, 3.63) is 71.2 Å². The molecule has 7 nitrogen and oxygen atoms in total. The summed E-state index contributed by atoms with van der Waals surface area (Å²) in [6.07, 6.45) is 4.02. The Kier molecular flexibility index (Phi) is 11.5. The minimum Gasteiger partial charge on any atom is -0.500 e.